The molecule has 4 nitrogen and oxygen atoms in total. The van der Waals surface area contributed by atoms with Crippen LogP contribution < -0.4 is 10.6 Å². The molecule has 1 aromatic rings. The molecule has 4 atom stereocenters. The summed E-state index contributed by atoms with van der Waals surface area (Å²) in [7, 11) is -1.95. The zero-order valence-electron chi connectivity index (χ0n) is 17.0. The van der Waals surface area contributed by atoms with E-state index in [9.17, 15) is 4.79 Å². The molecule has 0 aromatic heterocycles. The Hall–Kier alpha value is -1.17. The lowest BCUT2D eigenvalue weighted by Gasteiger charge is -2.45. The van der Waals surface area contributed by atoms with Crippen molar-refractivity contribution in [1.82, 2.24) is 10.6 Å². The van der Waals surface area contributed by atoms with Crippen LogP contribution in [0.1, 0.15) is 37.7 Å². The first-order chi connectivity index (χ1) is 12.9. The molecule has 3 fully saturated rings. The molecular formula is C22H34N2O2Si. The maximum atomic E-state index is 13.9. The van der Waals surface area contributed by atoms with E-state index in [4.69, 9.17) is 4.43 Å². The van der Waals surface area contributed by atoms with Crippen LogP contribution in [0.3, 0.4) is 0 Å². The second-order valence-corrected chi connectivity index (χ2v) is 14.1. The van der Waals surface area contributed by atoms with Gasteiger partial charge in [-0.3, -0.25) is 4.79 Å². The molecule has 27 heavy (non-hydrogen) atoms. The Balaban J connectivity index is 1.70. The Morgan fingerprint density at radius 3 is 2.30 bits per heavy atom. The lowest BCUT2D eigenvalue weighted by Crippen LogP contribution is -2.57. The van der Waals surface area contributed by atoms with E-state index in [0.717, 1.165) is 31.5 Å². The average Bonchev–Trinajstić information content (AvgIpc) is 3.07. The van der Waals surface area contributed by atoms with Gasteiger partial charge in [0.05, 0.1) is 0 Å². The van der Waals surface area contributed by atoms with E-state index in [1.54, 1.807) is 0 Å². The van der Waals surface area contributed by atoms with E-state index in [1.165, 1.54) is 19.3 Å². The number of hydrogen-bond donors (Lipinski definition) is 2. The molecule has 4 rings (SSSR count). The minimum atomic E-state index is -1.95. The Morgan fingerprint density at radius 1 is 1.07 bits per heavy atom. The molecule has 2 N–H and O–H groups in total. The molecule has 3 aliphatic rings. The maximum Gasteiger partial charge on any atom is 0.256 e. The average molecular weight is 387 g/mol. The first-order valence-electron chi connectivity index (χ1n) is 10.7. The van der Waals surface area contributed by atoms with Gasteiger partial charge in [-0.1, -0.05) is 49.6 Å². The Labute approximate surface area is 164 Å². The Morgan fingerprint density at radius 2 is 1.70 bits per heavy atom. The summed E-state index contributed by atoms with van der Waals surface area (Å²) >= 11 is 0. The van der Waals surface area contributed by atoms with Gasteiger partial charge in [-0.2, -0.15) is 0 Å². The normalized spacial score (nSPS) is 30.4. The van der Waals surface area contributed by atoms with Crippen molar-refractivity contribution in [2.45, 2.75) is 63.4 Å². The topological polar surface area (TPSA) is 50.4 Å². The number of amides is 1. The van der Waals surface area contributed by atoms with E-state index < -0.39 is 13.9 Å². The lowest BCUT2D eigenvalue weighted by molar-refractivity contribution is -0.146. The monoisotopic (exact) mass is 386 g/mol. The van der Waals surface area contributed by atoms with Crippen LogP contribution in [0, 0.1) is 17.8 Å². The second kappa shape index (κ2) is 7.34. The molecule has 0 bridgehead atoms. The highest BCUT2D eigenvalue weighted by Gasteiger charge is 2.57. The van der Waals surface area contributed by atoms with Gasteiger partial charge in [0.1, 0.15) is 0 Å². The molecule has 1 amide bonds. The third-order valence-electron chi connectivity index (χ3n) is 6.58. The summed E-state index contributed by atoms with van der Waals surface area (Å²) in [6.07, 6.45) is 5.81. The number of rotatable bonds is 6. The number of carbonyl (C=O) groups is 1. The zero-order valence-corrected chi connectivity index (χ0v) is 18.0. The molecule has 0 spiro atoms. The predicted octanol–water partition coefficient (Wildman–Crippen LogP) is 3.65. The summed E-state index contributed by atoms with van der Waals surface area (Å²) in [6.45, 7) is 8.68. The summed E-state index contributed by atoms with van der Waals surface area (Å²) in [5, 5.41) is 6.85. The van der Waals surface area contributed by atoms with Crippen molar-refractivity contribution in [2.75, 3.05) is 13.1 Å². The highest BCUT2D eigenvalue weighted by Crippen LogP contribution is 2.47. The summed E-state index contributed by atoms with van der Waals surface area (Å²) < 4.78 is 6.87. The molecule has 148 valence electrons. The van der Waals surface area contributed by atoms with Crippen molar-refractivity contribution in [3.05, 3.63) is 35.9 Å². The number of piperidine rings is 1. The van der Waals surface area contributed by atoms with Crippen LogP contribution in [-0.2, 0) is 14.8 Å². The standard InChI is InChI=1S/C22H34N2O2Si/c1-27(2,3)26-22(16-10-6-4-7-11-16,17-12-8-5-9-13-17)21(25)24-20-18-14-23-15-19(18)20/h4,6-7,10-11,17-20,23H,5,8-9,12-15H2,1-3H3,(H,24,25)/t18-,19?,20+,22-/m0/s1. The highest BCUT2D eigenvalue weighted by atomic mass is 28.4. The van der Waals surface area contributed by atoms with Crippen LogP contribution in [0.15, 0.2) is 30.3 Å². The first kappa shape index (κ1) is 19.2. The zero-order chi connectivity index (χ0) is 19.1. The number of nitrogens with one attached hydrogen (secondary N) is 2. The third-order valence-corrected chi connectivity index (χ3v) is 7.51. The van der Waals surface area contributed by atoms with Crippen LogP contribution in [-0.4, -0.2) is 33.4 Å². The minimum Gasteiger partial charge on any atom is -0.400 e. The molecule has 1 heterocycles. The number of hydrogen-bond acceptors (Lipinski definition) is 3. The Bertz CT molecular complexity index is 659. The van der Waals surface area contributed by atoms with Gasteiger partial charge < -0.3 is 15.1 Å². The minimum absolute atomic E-state index is 0.113. The fourth-order valence-corrected chi connectivity index (χ4v) is 6.65. The quantitative estimate of drug-likeness (QED) is 0.734. The van der Waals surface area contributed by atoms with E-state index in [2.05, 4.69) is 42.4 Å². The van der Waals surface area contributed by atoms with Gasteiger partial charge in [-0.25, -0.2) is 0 Å². The van der Waals surface area contributed by atoms with Crippen LogP contribution >= 0.6 is 0 Å². The van der Waals surface area contributed by atoms with Gasteiger partial charge in [-0.05, 0) is 49.9 Å². The summed E-state index contributed by atoms with van der Waals surface area (Å²) in [6, 6.07) is 10.6. The fraction of sp³-hybridized carbons (Fsp3) is 0.682. The van der Waals surface area contributed by atoms with Crippen LogP contribution in [0.2, 0.25) is 19.6 Å². The van der Waals surface area contributed by atoms with Gasteiger partial charge >= 0.3 is 0 Å². The third kappa shape index (κ3) is 3.74. The summed E-state index contributed by atoms with van der Waals surface area (Å²) in [5.74, 6) is 1.60. The van der Waals surface area contributed by atoms with E-state index >= 15 is 0 Å². The highest BCUT2D eigenvalue weighted by molar-refractivity contribution is 6.70. The van der Waals surface area contributed by atoms with Gasteiger partial charge in [0.25, 0.3) is 5.91 Å². The largest absolute Gasteiger partial charge is 0.400 e. The molecule has 2 aliphatic carbocycles. The van der Waals surface area contributed by atoms with E-state index in [0.29, 0.717) is 17.9 Å². The van der Waals surface area contributed by atoms with E-state index in [1.807, 2.05) is 18.2 Å². The lowest BCUT2D eigenvalue weighted by atomic mass is 9.72. The van der Waals surface area contributed by atoms with E-state index in [-0.39, 0.29) is 11.8 Å². The van der Waals surface area contributed by atoms with Crippen LogP contribution in [0.5, 0.6) is 0 Å². The summed E-state index contributed by atoms with van der Waals surface area (Å²) in [4.78, 5) is 13.9. The molecular weight excluding hydrogens is 352 g/mol. The van der Waals surface area contributed by atoms with Crippen molar-refractivity contribution < 1.29 is 9.22 Å². The number of fused-ring (bicyclic) bond motifs is 1. The molecule has 1 saturated heterocycles. The van der Waals surface area contributed by atoms with Crippen molar-refractivity contribution in [2.24, 2.45) is 17.8 Å². The van der Waals surface area contributed by atoms with Gasteiger partial charge in [-0.15, -0.1) is 0 Å². The molecule has 1 aromatic carbocycles. The summed E-state index contributed by atoms with van der Waals surface area (Å²) in [5.41, 5.74) is 0.206. The molecule has 1 aliphatic heterocycles. The van der Waals surface area contributed by atoms with Gasteiger partial charge in [0.15, 0.2) is 13.9 Å². The second-order valence-electron chi connectivity index (χ2n) is 9.64. The van der Waals surface area contributed by atoms with Crippen molar-refractivity contribution in [3.8, 4) is 0 Å². The van der Waals surface area contributed by atoms with Gasteiger partial charge in [0.2, 0.25) is 0 Å². The van der Waals surface area contributed by atoms with Crippen molar-refractivity contribution in [1.29, 1.82) is 0 Å². The fourth-order valence-electron chi connectivity index (χ4n) is 5.31. The number of carbonyl (C=O) groups excluding carboxylic acids is 1. The maximum absolute atomic E-state index is 13.9. The van der Waals surface area contributed by atoms with Crippen molar-refractivity contribution >= 4 is 14.2 Å². The molecule has 2 saturated carbocycles. The molecule has 1 unspecified atom stereocenters. The van der Waals surface area contributed by atoms with Crippen molar-refractivity contribution in [3.63, 3.8) is 0 Å². The molecule has 5 heteroatoms. The number of benzene rings is 1. The Kier molecular flexibility index (Phi) is 5.21. The van der Waals surface area contributed by atoms with Crippen LogP contribution in [0.4, 0.5) is 0 Å². The predicted molar refractivity (Wildman–Crippen MR) is 111 cm³/mol. The smallest absolute Gasteiger partial charge is 0.256 e. The van der Waals surface area contributed by atoms with Crippen LogP contribution in [0.25, 0.3) is 0 Å². The van der Waals surface area contributed by atoms with Gasteiger partial charge in [0, 0.05) is 25.0 Å². The molecule has 0 radical (unpaired) electrons. The first-order valence-corrected chi connectivity index (χ1v) is 14.1. The SMILES string of the molecule is C[Si](C)(C)O[C@@](C(=O)N[C@H]1C2CNC[C@@H]21)(c1ccccc1)C1CCCCC1.